The fourth-order valence-electron chi connectivity index (χ4n) is 2.33. The van der Waals surface area contributed by atoms with E-state index in [0.717, 1.165) is 13.6 Å². The average molecular weight is 452 g/mol. The van der Waals surface area contributed by atoms with Crippen molar-refractivity contribution < 1.29 is 9.53 Å². The fourth-order valence-corrected chi connectivity index (χ4v) is 3.24. The topological polar surface area (TPSA) is 29.5 Å². The first-order chi connectivity index (χ1) is 9.54. The molecule has 110 valence electrons. The Kier molecular flexibility index (Phi) is 5.86. The molecule has 20 heavy (non-hydrogen) atoms. The number of hydrogen-bond acceptors (Lipinski definition) is 2. The van der Waals surface area contributed by atoms with Gasteiger partial charge in [-0.1, -0.05) is 0 Å². The first-order valence-electron chi connectivity index (χ1n) is 6.79. The van der Waals surface area contributed by atoms with Gasteiger partial charge in [0, 0.05) is 27.7 Å². The summed E-state index contributed by atoms with van der Waals surface area (Å²) in [6, 6.07) is 6.14. The second kappa shape index (κ2) is 7.22. The minimum absolute atomic E-state index is 0.0897. The van der Waals surface area contributed by atoms with E-state index in [0.29, 0.717) is 19.1 Å². The van der Waals surface area contributed by atoms with Crippen LogP contribution in [-0.2, 0) is 4.74 Å². The van der Waals surface area contributed by atoms with Crippen LogP contribution in [0.3, 0.4) is 0 Å². The first kappa shape index (κ1) is 16.2. The average Bonchev–Trinajstić information content (AvgIpc) is 3.26. The molecule has 1 saturated carbocycles. The van der Waals surface area contributed by atoms with Crippen molar-refractivity contribution in [3.8, 4) is 0 Å². The van der Waals surface area contributed by atoms with Crippen molar-refractivity contribution in [1.29, 1.82) is 0 Å². The molecule has 0 aliphatic heterocycles. The summed E-state index contributed by atoms with van der Waals surface area (Å²) in [5.74, 6) is 0.740. The van der Waals surface area contributed by atoms with Gasteiger partial charge in [-0.3, -0.25) is 4.79 Å². The molecule has 0 saturated heterocycles. The van der Waals surface area contributed by atoms with E-state index < -0.39 is 0 Å². The van der Waals surface area contributed by atoms with Gasteiger partial charge in [0.05, 0.1) is 12.2 Å². The zero-order chi connectivity index (χ0) is 14.7. The van der Waals surface area contributed by atoms with E-state index in [4.69, 9.17) is 4.74 Å². The number of carbonyl (C=O) groups is 1. The lowest BCUT2D eigenvalue weighted by molar-refractivity contribution is 0.0593. The number of rotatable bonds is 6. The van der Waals surface area contributed by atoms with Crippen LogP contribution in [0.15, 0.2) is 22.7 Å². The molecule has 3 nitrogen and oxygen atoms in total. The van der Waals surface area contributed by atoms with Gasteiger partial charge in [-0.25, -0.2) is 0 Å². The first-order valence-corrected chi connectivity index (χ1v) is 8.66. The molecule has 1 amide bonds. The smallest absolute Gasteiger partial charge is 0.255 e. The zero-order valence-electron chi connectivity index (χ0n) is 11.7. The largest absolute Gasteiger partial charge is 0.383 e. The summed E-state index contributed by atoms with van der Waals surface area (Å²) in [6.07, 6.45) is 2.46. The van der Waals surface area contributed by atoms with Crippen molar-refractivity contribution in [3.63, 3.8) is 0 Å². The van der Waals surface area contributed by atoms with Crippen molar-refractivity contribution in [2.24, 2.45) is 5.92 Å². The van der Waals surface area contributed by atoms with Gasteiger partial charge in [-0.05, 0) is 82.4 Å². The molecule has 1 aromatic rings. The molecule has 0 spiro atoms. The third-order valence-corrected chi connectivity index (χ3v) is 5.11. The minimum Gasteiger partial charge on any atom is -0.383 e. The standard InChI is InChI=1S/C15H19BrINO2/c1-10(11-3-4-11)18(7-8-20-2)15(19)13-9-12(17)5-6-14(13)16/h5-6,9-11H,3-4,7-8H2,1-2H3. The Morgan fingerprint density at radius 1 is 1.55 bits per heavy atom. The molecule has 0 aromatic heterocycles. The minimum atomic E-state index is 0.0897. The monoisotopic (exact) mass is 451 g/mol. The molecule has 0 bridgehead atoms. The maximum Gasteiger partial charge on any atom is 0.255 e. The predicted molar refractivity (Wildman–Crippen MR) is 92.0 cm³/mol. The van der Waals surface area contributed by atoms with E-state index in [1.54, 1.807) is 7.11 Å². The van der Waals surface area contributed by atoms with Crippen LogP contribution >= 0.6 is 38.5 Å². The van der Waals surface area contributed by atoms with Crippen molar-refractivity contribution in [2.75, 3.05) is 20.3 Å². The summed E-state index contributed by atoms with van der Waals surface area (Å²) in [7, 11) is 1.67. The second-order valence-corrected chi connectivity index (χ2v) is 7.29. The Bertz CT molecular complexity index is 491. The molecule has 0 N–H and O–H groups in total. The van der Waals surface area contributed by atoms with Crippen LogP contribution in [-0.4, -0.2) is 37.1 Å². The maximum absolute atomic E-state index is 12.8. The fraction of sp³-hybridized carbons (Fsp3) is 0.533. The van der Waals surface area contributed by atoms with Gasteiger partial charge in [0.2, 0.25) is 0 Å². The van der Waals surface area contributed by atoms with E-state index in [1.165, 1.54) is 12.8 Å². The lowest BCUT2D eigenvalue weighted by Crippen LogP contribution is -2.42. The van der Waals surface area contributed by atoms with Crippen molar-refractivity contribution in [1.82, 2.24) is 4.90 Å². The van der Waals surface area contributed by atoms with Gasteiger partial charge < -0.3 is 9.64 Å². The number of nitrogens with zero attached hydrogens (tertiary/aromatic N) is 1. The molecule has 1 aromatic carbocycles. The molecular weight excluding hydrogens is 433 g/mol. The molecule has 1 fully saturated rings. The Balaban J connectivity index is 2.22. The highest BCUT2D eigenvalue weighted by Crippen LogP contribution is 2.36. The lowest BCUT2D eigenvalue weighted by atomic mass is 10.1. The number of ether oxygens (including phenoxy) is 1. The van der Waals surface area contributed by atoms with Gasteiger partial charge in [-0.2, -0.15) is 0 Å². The maximum atomic E-state index is 12.8. The van der Waals surface area contributed by atoms with Crippen LogP contribution in [0, 0.1) is 9.49 Å². The summed E-state index contributed by atoms with van der Waals surface area (Å²) in [5, 5.41) is 0. The molecule has 1 aliphatic rings. The molecule has 5 heteroatoms. The van der Waals surface area contributed by atoms with Gasteiger partial charge in [-0.15, -0.1) is 0 Å². The van der Waals surface area contributed by atoms with Crippen molar-refractivity contribution in [3.05, 3.63) is 31.8 Å². The predicted octanol–water partition coefficient (Wildman–Crippen LogP) is 3.94. The van der Waals surface area contributed by atoms with Crippen LogP contribution in [0.5, 0.6) is 0 Å². The molecule has 1 aliphatic carbocycles. The Labute approximate surface area is 142 Å². The van der Waals surface area contributed by atoms with E-state index in [1.807, 2.05) is 23.1 Å². The van der Waals surface area contributed by atoms with Crippen LogP contribution in [0.2, 0.25) is 0 Å². The van der Waals surface area contributed by atoms with Crippen molar-refractivity contribution in [2.45, 2.75) is 25.8 Å². The summed E-state index contributed by atoms with van der Waals surface area (Å²) in [4.78, 5) is 14.8. The summed E-state index contributed by atoms with van der Waals surface area (Å²) in [5.41, 5.74) is 0.737. The van der Waals surface area contributed by atoms with Crippen LogP contribution < -0.4 is 0 Å². The number of carbonyl (C=O) groups excluding carboxylic acids is 1. The van der Waals surface area contributed by atoms with Gasteiger partial charge in [0.1, 0.15) is 0 Å². The number of halogens is 2. The number of amides is 1. The Hall–Kier alpha value is -0.140. The highest BCUT2D eigenvalue weighted by Gasteiger charge is 2.34. The highest BCUT2D eigenvalue weighted by atomic mass is 127. The van der Waals surface area contributed by atoms with Crippen LogP contribution in [0.25, 0.3) is 0 Å². The lowest BCUT2D eigenvalue weighted by Gasteiger charge is -2.29. The number of hydrogen-bond donors (Lipinski definition) is 0. The van der Waals surface area contributed by atoms with E-state index in [2.05, 4.69) is 45.4 Å². The SMILES string of the molecule is COCCN(C(=O)c1cc(I)ccc1Br)C(C)C1CC1. The molecule has 0 radical (unpaired) electrons. The third-order valence-electron chi connectivity index (χ3n) is 3.75. The summed E-state index contributed by atoms with van der Waals surface area (Å²) >= 11 is 5.72. The summed E-state index contributed by atoms with van der Waals surface area (Å²) < 4.78 is 7.08. The van der Waals surface area contributed by atoms with Crippen LogP contribution in [0.1, 0.15) is 30.1 Å². The van der Waals surface area contributed by atoms with Gasteiger partial charge in [0.15, 0.2) is 0 Å². The third kappa shape index (κ3) is 3.95. The highest BCUT2D eigenvalue weighted by molar-refractivity contribution is 14.1. The zero-order valence-corrected chi connectivity index (χ0v) is 15.5. The Morgan fingerprint density at radius 2 is 2.25 bits per heavy atom. The second-order valence-electron chi connectivity index (χ2n) is 5.19. The number of benzene rings is 1. The molecular formula is C15H19BrINO2. The van der Waals surface area contributed by atoms with E-state index in [9.17, 15) is 4.79 Å². The molecule has 0 heterocycles. The normalized spacial score (nSPS) is 16.0. The summed E-state index contributed by atoms with van der Waals surface area (Å²) in [6.45, 7) is 3.36. The molecule has 2 rings (SSSR count). The quantitative estimate of drug-likeness (QED) is 0.613. The van der Waals surface area contributed by atoms with Crippen molar-refractivity contribution >= 4 is 44.4 Å². The van der Waals surface area contributed by atoms with E-state index >= 15 is 0 Å². The number of methoxy groups -OCH3 is 1. The Morgan fingerprint density at radius 3 is 2.85 bits per heavy atom. The van der Waals surface area contributed by atoms with E-state index in [-0.39, 0.29) is 11.9 Å². The van der Waals surface area contributed by atoms with Gasteiger partial charge in [0.25, 0.3) is 5.91 Å². The molecule has 1 atom stereocenters. The van der Waals surface area contributed by atoms with Gasteiger partial charge >= 0.3 is 0 Å². The van der Waals surface area contributed by atoms with Crippen LogP contribution in [0.4, 0.5) is 0 Å². The molecule has 1 unspecified atom stereocenters.